The van der Waals surface area contributed by atoms with E-state index in [1.807, 2.05) is 24.3 Å². The Morgan fingerprint density at radius 2 is 2.24 bits per heavy atom. The summed E-state index contributed by atoms with van der Waals surface area (Å²) in [4.78, 5) is 13.8. The maximum absolute atomic E-state index is 12.2. The van der Waals surface area contributed by atoms with Gasteiger partial charge in [0, 0.05) is 31.0 Å². The van der Waals surface area contributed by atoms with Crippen LogP contribution >= 0.6 is 0 Å². The maximum Gasteiger partial charge on any atom is 0.266 e. The fourth-order valence-electron chi connectivity index (χ4n) is 1.95. The third kappa shape index (κ3) is 3.97. The number of ether oxygens (including phenoxy) is 2. The van der Waals surface area contributed by atoms with Crippen LogP contribution in [0.2, 0.25) is 0 Å². The van der Waals surface area contributed by atoms with E-state index in [0.29, 0.717) is 32.1 Å². The smallest absolute Gasteiger partial charge is 0.266 e. The molecule has 0 unspecified atom stereocenters. The molecular formula is C15H17N3O3. The van der Waals surface area contributed by atoms with E-state index < -0.39 is 0 Å². The molecule has 21 heavy (non-hydrogen) atoms. The second-order valence-electron chi connectivity index (χ2n) is 4.45. The molecule has 1 N–H and O–H groups in total. The van der Waals surface area contributed by atoms with Gasteiger partial charge in [0.25, 0.3) is 5.91 Å². The first-order chi connectivity index (χ1) is 10.2. The van der Waals surface area contributed by atoms with Crippen LogP contribution < -0.4 is 10.1 Å². The van der Waals surface area contributed by atoms with Gasteiger partial charge in [-0.3, -0.25) is 4.79 Å². The van der Waals surface area contributed by atoms with E-state index in [-0.39, 0.29) is 11.5 Å². The normalized spacial score (nSPS) is 15.2. The van der Waals surface area contributed by atoms with Crippen molar-refractivity contribution in [2.75, 3.05) is 38.7 Å². The summed E-state index contributed by atoms with van der Waals surface area (Å²) >= 11 is 0. The Morgan fingerprint density at radius 3 is 2.90 bits per heavy atom. The quantitative estimate of drug-likeness (QED) is 0.669. The fourth-order valence-corrected chi connectivity index (χ4v) is 1.95. The summed E-state index contributed by atoms with van der Waals surface area (Å²) in [7, 11) is 1.58. The minimum Gasteiger partial charge on any atom is -0.497 e. The van der Waals surface area contributed by atoms with Gasteiger partial charge in [0.05, 0.1) is 20.3 Å². The van der Waals surface area contributed by atoms with Crippen molar-refractivity contribution in [2.24, 2.45) is 0 Å². The van der Waals surface area contributed by atoms with Crippen LogP contribution in [0.1, 0.15) is 0 Å². The molecule has 6 nitrogen and oxygen atoms in total. The van der Waals surface area contributed by atoms with Crippen LogP contribution in [0.3, 0.4) is 0 Å². The molecule has 2 rings (SSSR count). The molecule has 1 aliphatic heterocycles. The minimum absolute atomic E-state index is 0.0692. The SMILES string of the molecule is COc1cccc(NC=C(C#N)C(=O)N2CCOCC2)c1. The number of anilines is 1. The Morgan fingerprint density at radius 1 is 1.48 bits per heavy atom. The van der Waals surface area contributed by atoms with Crippen LogP contribution in [0.15, 0.2) is 36.0 Å². The van der Waals surface area contributed by atoms with Gasteiger partial charge in [-0.25, -0.2) is 0 Å². The highest BCUT2D eigenvalue weighted by molar-refractivity contribution is 5.97. The molecule has 6 heteroatoms. The fraction of sp³-hybridized carbons (Fsp3) is 0.333. The number of nitriles is 1. The molecule has 1 aliphatic rings. The molecule has 0 radical (unpaired) electrons. The van der Waals surface area contributed by atoms with E-state index in [2.05, 4.69) is 5.32 Å². The molecule has 0 spiro atoms. The molecule has 1 fully saturated rings. The lowest BCUT2D eigenvalue weighted by molar-refractivity contribution is -0.130. The van der Waals surface area contributed by atoms with Crippen molar-refractivity contribution in [3.05, 3.63) is 36.0 Å². The third-order valence-corrected chi connectivity index (χ3v) is 3.10. The molecule has 1 heterocycles. The standard InChI is InChI=1S/C15H17N3O3/c1-20-14-4-2-3-13(9-14)17-11-12(10-16)15(19)18-5-7-21-8-6-18/h2-4,9,11,17H,5-8H2,1H3. The summed E-state index contributed by atoms with van der Waals surface area (Å²) in [6.07, 6.45) is 1.42. The Labute approximate surface area is 123 Å². The first kappa shape index (κ1) is 14.9. The number of nitrogens with zero attached hydrogens (tertiary/aromatic N) is 2. The van der Waals surface area contributed by atoms with E-state index in [9.17, 15) is 4.79 Å². The first-order valence-electron chi connectivity index (χ1n) is 6.62. The van der Waals surface area contributed by atoms with Crippen LogP contribution in [0.25, 0.3) is 0 Å². The monoisotopic (exact) mass is 287 g/mol. The molecule has 1 amide bonds. The number of benzene rings is 1. The molecule has 0 atom stereocenters. The van der Waals surface area contributed by atoms with Gasteiger partial charge in [0.2, 0.25) is 0 Å². The van der Waals surface area contributed by atoms with Crippen molar-refractivity contribution in [1.82, 2.24) is 4.90 Å². The van der Waals surface area contributed by atoms with Gasteiger partial charge in [-0.2, -0.15) is 5.26 Å². The lowest BCUT2D eigenvalue weighted by Gasteiger charge is -2.26. The van der Waals surface area contributed by atoms with Gasteiger partial charge in [-0.1, -0.05) is 6.07 Å². The molecule has 0 saturated carbocycles. The summed E-state index contributed by atoms with van der Waals surface area (Å²) in [6, 6.07) is 9.19. The highest BCUT2D eigenvalue weighted by Gasteiger charge is 2.20. The van der Waals surface area contributed by atoms with Gasteiger partial charge < -0.3 is 19.7 Å². The Balaban J connectivity index is 2.05. The van der Waals surface area contributed by atoms with E-state index in [1.165, 1.54) is 6.20 Å². The highest BCUT2D eigenvalue weighted by atomic mass is 16.5. The molecule has 110 valence electrons. The minimum atomic E-state index is -0.281. The molecule has 1 aromatic carbocycles. The van der Waals surface area contributed by atoms with E-state index in [4.69, 9.17) is 14.7 Å². The third-order valence-electron chi connectivity index (χ3n) is 3.10. The van der Waals surface area contributed by atoms with E-state index in [0.717, 1.165) is 5.69 Å². The Bertz CT molecular complexity index is 572. The van der Waals surface area contributed by atoms with Crippen LogP contribution in [0.5, 0.6) is 5.75 Å². The predicted molar refractivity (Wildman–Crippen MR) is 77.7 cm³/mol. The molecule has 0 aliphatic carbocycles. The maximum atomic E-state index is 12.2. The van der Waals surface area contributed by atoms with Crippen LogP contribution in [-0.4, -0.2) is 44.2 Å². The number of carbonyl (C=O) groups is 1. The van der Waals surface area contributed by atoms with Gasteiger partial charge in [-0.05, 0) is 12.1 Å². The molecule has 0 bridgehead atoms. The van der Waals surface area contributed by atoms with E-state index in [1.54, 1.807) is 18.1 Å². The Hall–Kier alpha value is -2.52. The second kappa shape index (κ2) is 7.31. The summed E-state index contributed by atoms with van der Waals surface area (Å²) in [5.74, 6) is 0.419. The number of morpholine rings is 1. The topological polar surface area (TPSA) is 74.6 Å². The summed E-state index contributed by atoms with van der Waals surface area (Å²) in [5, 5.41) is 12.1. The van der Waals surface area contributed by atoms with Gasteiger partial charge >= 0.3 is 0 Å². The van der Waals surface area contributed by atoms with Crippen LogP contribution in [-0.2, 0) is 9.53 Å². The summed E-state index contributed by atoms with van der Waals surface area (Å²) in [5.41, 5.74) is 0.816. The van der Waals surface area contributed by atoms with Crippen molar-refractivity contribution in [1.29, 1.82) is 5.26 Å². The molecule has 1 aromatic rings. The summed E-state index contributed by atoms with van der Waals surface area (Å²) < 4.78 is 10.3. The van der Waals surface area contributed by atoms with E-state index >= 15 is 0 Å². The lowest BCUT2D eigenvalue weighted by Crippen LogP contribution is -2.41. The molecule has 1 saturated heterocycles. The average molecular weight is 287 g/mol. The lowest BCUT2D eigenvalue weighted by atomic mass is 10.2. The van der Waals surface area contributed by atoms with Crippen LogP contribution in [0, 0.1) is 11.3 Å². The van der Waals surface area contributed by atoms with Crippen molar-refractivity contribution in [2.45, 2.75) is 0 Å². The van der Waals surface area contributed by atoms with Gasteiger partial charge in [0.1, 0.15) is 17.4 Å². The number of rotatable bonds is 4. The van der Waals surface area contributed by atoms with Crippen molar-refractivity contribution in [3.63, 3.8) is 0 Å². The average Bonchev–Trinajstić information content (AvgIpc) is 2.56. The number of hydrogen-bond acceptors (Lipinski definition) is 5. The van der Waals surface area contributed by atoms with Crippen LogP contribution in [0.4, 0.5) is 5.69 Å². The number of nitrogens with one attached hydrogen (secondary N) is 1. The van der Waals surface area contributed by atoms with Gasteiger partial charge in [-0.15, -0.1) is 0 Å². The highest BCUT2D eigenvalue weighted by Crippen LogP contribution is 2.17. The largest absolute Gasteiger partial charge is 0.497 e. The van der Waals surface area contributed by atoms with Gasteiger partial charge in [0.15, 0.2) is 0 Å². The zero-order valence-corrected chi connectivity index (χ0v) is 11.8. The number of hydrogen-bond donors (Lipinski definition) is 1. The number of methoxy groups -OCH3 is 1. The van der Waals surface area contributed by atoms with Crippen molar-refractivity contribution < 1.29 is 14.3 Å². The number of amides is 1. The first-order valence-corrected chi connectivity index (χ1v) is 6.62. The zero-order chi connectivity index (χ0) is 15.1. The zero-order valence-electron chi connectivity index (χ0n) is 11.8. The Kier molecular flexibility index (Phi) is 5.18. The molecule has 0 aromatic heterocycles. The predicted octanol–water partition coefficient (Wildman–Crippen LogP) is 1.37. The second-order valence-corrected chi connectivity index (χ2v) is 4.45. The molecular weight excluding hydrogens is 270 g/mol. The van der Waals surface area contributed by atoms with Crippen molar-refractivity contribution in [3.8, 4) is 11.8 Å². The number of carbonyl (C=O) groups excluding carboxylic acids is 1. The van der Waals surface area contributed by atoms with Crippen molar-refractivity contribution >= 4 is 11.6 Å². The summed E-state index contributed by atoms with van der Waals surface area (Å²) in [6.45, 7) is 2.04.